The lowest BCUT2D eigenvalue weighted by molar-refractivity contribution is -0.113. The summed E-state index contributed by atoms with van der Waals surface area (Å²) in [5.41, 5.74) is 1.15. The molecule has 0 aliphatic heterocycles. The summed E-state index contributed by atoms with van der Waals surface area (Å²) >= 11 is 0. The van der Waals surface area contributed by atoms with Gasteiger partial charge in [-0.05, 0) is 17.9 Å². The predicted molar refractivity (Wildman–Crippen MR) is 60.0 cm³/mol. The molecule has 0 heterocycles. The maximum atomic E-state index is 10.7. The SMILES string of the molecule is C#CC(=O)CCc1ccccc1.CC. The molecular weight excluding hydrogens is 172 g/mol. The molecule has 1 rings (SSSR count). The summed E-state index contributed by atoms with van der Waals surface area (Å²) in [7, 11) is 0. The van der Waals surface area contributed by atoms with Crippen molar-refractivity contribution >= 4 is 5.78 Å². The maximum absolute atomic E-state index is 10.7. The largest absolute Gasteiger partial charge is 0.285 e. The number of ketones is 1. The Bertz CT molecular complexity index is 293. The molecule has 1 nitrogen and oxygen atoms in total. The molecule has 0 radical (unpaired) electrons. The van der Waals surface area contributed by atoms with Gasteiger partial charge in [0.15, 0.2) is 0 Å². The molecule has 0 aliphatic carbocycles. The number of aryl methyl sites for hydroxylation is 1. The second-order valence-electron chi connectivity index (χ2n) is 2.55. The molecule has 14 heavy (non-hydrogen) atoms. The van der Waals surface area contributed by atoms with Crippen molar-refractivity contribution in [1.29, 1.82) is 0 Å². The van der Waals surface area contributed by atoms with E-state index in [1.165, 1.54) is 0 Å². The van der Waals surface area contributed by atoms with Crippen LogP contribution in [-0.2, 0) is 11.2 Å². The van der Waals surface area contributed by atoms with Gasteiger partial charge in [0.05, 0.1) is 0 Å². The minimum Gasteiger partial charge on any atom is -0.285 e. The molecule has 0 atom stereocenters. The van der Waals surface area contributed by atoms with Crippen LogP contribution in [0.1, 0.15) is 25.8 Å². The summed E-state index contributed by atoms with van der Waals surface area (Å²) in [5.74, 6) is 1.97. The smallest absolute Gasteiger partial charge is 0.205 e. The van der Waals surface area contributed by atoms with Crippen molar-refractivity contribution in [1.82, 2.24) is 0 Å². The van der Waals surface area contributed by atoms with Crippen molar-refractivity contribution in [3.63, 3.8) is 0 Å². The Morgan fingerprint density at radius 2 is 1.86 bits per heavy atom. The first-order valence-electron chi connectivity index (χ1n) is 4.86. The third-order valence-electron chi connectivity index (χ3n) is 1.64. The molecule has 0 bridgehead atoms. The number of carbonyl (C=O) groups excluding carboxylic acids is 1. The van der Waals surface area contributed by atoms with E-state index in [0.29, 0.717) is 6.42 Å². The van der Waals surface area contributed by atoms with Gasteiger partial charge in [-0.3, -0.25) is 4.79 Å². The van der Waals surface area contributed by atoms with Crippen LogP contribution in [0.3, 0.4) is 0 Å². The second-order valence-corrected chi connectivity index (χ2v) is 2.55. The Morgan fingerprint density at radius 3 is 2.36 bits per heavy atom. The summed E-state index contributed by atoms with van der Waals surface area (Å²) in [6, 6.07) is 9.84. The van der Waals surface area contributed by atoms with E-state index >= 15 is 0 Å². The molecule has 0 saturated heterocycles. The number of hydrogen-bond donors (Lipinski definition) is 0. The molecule has 0 amide bonds. The zero-order chi connectivity index (χ0) is 10.8. The van der Waals surface area contributed by atoms with Crippen LogP contribution in [0, 0.1) is 12.3 Å². The first-order valence-corrected chi connectivity index (χ1v) is 4.86. The molecule has 0 saturated carbocycles. The summed E-state index contributed by atoms with van der Waals surface area (Å²) in [6.45, 7) is 4.00. The Labute approximate surface area is 86.2 Å². The fourth-order valence-corrected chi connectivity index (χ4v) is 0.975. The quantitative estimate of drug-likeness (QED) is 0.526. The predicted octanol–water partition coefficient (Wildman–Crippen LogP) is 2.85. The van der Waals surface area contributed by atoms with E-state index in [4.69, 9.17) is 6.42 Å². The molecule has 0 unspecified atom stereocenters. The van der Waals surface area contributed by atoms with Crippen LogP contribution in [0.25, 0.3) is 0 Å². The van der Waals surface area contributed by atoms with E-state index in [1.54, 1.807) is 0 Å². The van der Waals surface area contributed by atoms with E-state index in [0.717, 1.165) is 12.0 Å². The zero-order valence-electron chi connectivity index (χ0n) is 8.79. The highest BCUT2D eigenvalue weighted by Gasteiger charge is 1.96. The molecule has 0 N–H and O–H groups in total. The number of terminal acetylenes is 1. The second kappa shape index (κ2) is 8.07. The lowest BCUT2D eigenvalue weighted by Crippen LogP contribution is -1.95. The fourth-order valence-electron chi connectivity index (χ4n) is 0.975. The van der Waals surface area contributed by atoms with E-state index < -0.39 is 0 Å². The highest BCUT2D eigenvalue weighted by atomic mass is 16.1. The van der Waals surface area contributed by atoms with E-state index in [9.17, 15) is 4.79 Å². The molecule has 1 aromatic rings. The van der Waals surface area contributed by atoms with E-state index in [1.807, 2.05) is 44.2 Å². The summed E-state index contributed by atoms with van der Waals surface area (Å²) in [4.78, 5) is 10.7. The molecule has 0 fully saturated rings. The topological polar surface area (TPSA) is 17.1 Å². The number of rotatable bonds is 3. The van der Waals surface area contributed by atoms with Crippen molar-refractivity contribution in [3.8, 4) is 12.3 Å². The van der Waals surface area contributed by atoms with Crippen LogP contribution in [0.15, 0.2) is 30.3 Å². The van der Waals surface area contributed by atoms with Crippen molar-refractivity contribution in [2.24, 2.45) is 0 Å². The highest BCUT2D eigenvalue weighted by molar-refractivity contribution is 5.94. The van der Waals surface area contributed by atoms with Gasteiger partial charge < -0.3 is 0 Å². The van der Waals surface area contributed by atoms with Crippen LogP contribution in [0.2, 0.25) is 0 Å². The summed E-state index contributed by atoms with van der Waals surface area (Å²) in [5, 5.41) is 0. The monoisotopic (exact) mass is 188 g/mol. The minimum atomic E-state index is -0.126. The van der Waals surface area contributed by atoms with Gasteiger partial charge in [-0.25, -0.2) is 0 Å². The Kier molecular flexibility index (Phi) is 7.17. The average molecular weight is 188 g/mol. The highest BCUT2D eigenvalue weighted by Crippen LogP contribution is 2.01. The van der Waals surface area contributed by atoms with Gasteiger partial charge in [0, 0.05) is 6.42 Å². The standard InChI is InChI=1S/C11H10O.C2H6/c1-2-11(12)9-8-10-6-4-3-5-7-10;1-2/h1,3-7H,8-9H2;1-2H3. The number of hydrogen-bond acceptors (Lipinski definition) is 1. The van der Waals surface area contributed by atoms with E-state index in [2.05, 4.69) is 5.92 Å². The van der Waals surface area contributed by atoms with Crippen molar-refractivity contribution in [3.05, 3.63) is 35.9 Å². The molecule has 0 aromatic heterocycles. The average Bonchev–Trinajstić information content (AvgIpc) is 2.30. The first kappa shape index (κ1) is 12.4. The molecule has 0 spiro atoms. The van der Waals surface area contributed by atoms with Crippen LogP contribution >= 0.6 is 0 Å². The van der Waals surface area contributed by atoms with Crippen LogP contribution < -0.4 is 0 Å². The first-order chi connectivity index (χ1) is 6.83. The van der Waals surface area contributed by atoms with Crippen LogP contribution in [0.5, 0.6) is 0 Å². The maximum Gasteiger partial charge on any atom is 0.205 e. The van der Waals surface area contributed by atoms with Crippen molar-refractivity contribution < 1.29 is 4.79 Å². The Balaban J connectivity index is 0.000000791. The number of carbonyl (C=O) groups is 1. The van der Waals surface area contributed by atoms with Crippen molar-refractivity contribution in [2.75, 3.05) is 0 Å². The molecule has 1 heteroatoms. The Hall–Kier alpha value is -1.55. The van der Waals surface area contributed by atoms with E-state index in [-0.39, 0.29) is 5.78 Å². The number of Topliss-reactive ketones (excluding diaryl/α,β-unsaturated/α-hetero) is 1. The van der Waals surface area contributed by atoms with Gasteiger partial charge in [0.1, 0.15) is 0 Å². The zero-order valence-corrected chi connectivity index (χ0v) is 8.79. The Morgan fingerprint density at radius 1 is 1.29 bits per heavy atom. The van der Waals surface area contributed by atoms with Gasteiger partial charge in [0.25, 0.3) is 0 Å². The van der Waals surface area contributed by atoms with Crippen molar-refractivity contribution in [2.45, 2.75) is 26.7 Å². The number of benzene rings is 1. The lowest BCUT2D eigenvalue weighted by Gasteiger charge is -1.95. The van der Waals surface area contributed by atoms with Gasteiger partial charge in [-0.1, -0.05) is 44.2 Å². The van der Waals surface area contributed by atoms with Gasteiger partial charge >= 0.3 is 0 Å². The van der Waals surface area contributed by atoms with Gasteiger partial charge in [-0.2, -0.15) is 0 Å². The lowest BCUT2D eigenvalue weighted by atomic mass is 10.1. The summed E-state index contributed by atoms with van der Waals surface area (Å²) in [6.07, 6.45) is 6.12. The van der Waals surface area contributed by atoms with Crippen LogP contribution in [0.4, 0.5) is 0 Å². The molecule has 1 aromatic carbocycles. The van der Waals surface area contributed by atoms with Gasteiger partial charge in [0.2, 0.25) is 5.78 Å². The van der Waals surface area contributed by atoms with Gasteiger partial charge in [-0.15, -0.1) is 6.42 Å². The molecule has 0 aliphatic rings. The fraction of sp³-hybridized carbons (Fsp3) is 0.308. The summed E-state index contributed by atoms with van der Waals surface area (Å²) < 4.78 is 0. The minimum absolute atomic E-state index is 0.126. The van der Waals surface area contributed by atoms with Crippen LogP contribution in [-0.4, -0.2) is 5.78 Å². The normalized spacial score (nSPS) is 8.07. The molecular formula is C13H16O. The molecule has 74 valence electrons. The third-order valence-corrected chi connectivity index (χ3v) is 1.64. The third kappa shape index (κ3) is 5.16.